The fourth-order valence-electron chi connectivity index (χ4n) is 4.07. The van der Waals surface area contributed by atoms with Gasteiger partial charge >= 0.3 is 5.97 Å². The number of hydrogen-bond donors (Lipinski definition) is 1. The molecule has 7 heteroatoms. The number of aromatic nitrogens is 2. The molecule has 1 N–H and O–H groups in total. The van der Waals surface area contributed by atoms with E-state index >= 15 is 0 Å². The van der Waals surface area contributed by atoms with Gasteiger partial charge in [0.2, 0.25) is 0 Å². The summed E-state index contributed by atoms with van der Waals surface area (Å²) in [4.78, 5) is 34.4. The Balaban J connectivity index is 1.37. The van der Waals surface area contributed by atoms with Gasteiger partial charge in [-0.05, 0) is 31.0 Å². The second-order valence-electron chi connectivity index (χ2n) is 8.37. The van der Waals surface area contributed by atoms with E-state index in [0.29, 0.717) is 23.1 Å². The average molecular weight is 468 g/mol. The van der Waals surface area contributed by atoms with Crippen molar-refractivity contribution in [1.82, 2.24) is 15.3 Å². The number of rotatable bonds is 7. The molecule has 1 saturated heterocycles. The molecule has 0 radical (unpaired) electrons. The first kappa shape index (κ1) is 22.7. The van der Waals surface area contributed by atoms with Crippen LogP contribution >= 0.6 is 0 Å². The van der Waals surface area contributed by atoms with E-state index in [1.54, 1.807) is 18.2 Å². The smallest absolute Gasteiger partial charge is 0.338 e. The molecule has 7 nitrogen and oxygen atoms in total. The maximum absolute atomic E-state index is 12.6. The summed E-state index contributed by atoms with van der Waals surface area (Å²) < 4.78 is 10.7. The number of carbonyl (C=O) groups is 2. The molecule has 3 aromatic carbocycles. The van der Waals surface area contributed by atoms with Crippen molar-refractivity contribution in [2.45, 2.75) is 18.9 Å². The fourth-order valence-corrected chi connectivity index (χ4v) is 4.07. The van der Waals surface area contributed by atoms with Crippen molar-refractivity contribution in [2.24, 2.45) is 0 Å². The van der Waals surface area contributed by atoms with Gasteiger partial charge in [-0.25, -0.2) is 14.8 Å². The predicted molar refractivity (Wildman–Crippen MR) is 133 cm³/mol. The minimum atomic E-state index is -0.589. The lowest BCUT2D eigenvalue weighted by Gasteiger charge is -2.12. The first-order valence-electron chi connectivity index (χ1n) is 11.7. The number of carbonyl (C=O) groups excluding carboxylic acids is 2. The Morgan fingerprint density at radius 2 is 1.54 bits per heavy atom. The Morgan fingerprint density at radius 3 is 2.17 bits per heavy atom. The van der Waals surface area contributed by atoms with Gasteiger partial charge in [0.25, 0.3) is 5.91 Å². The van der Waals surface area contributed by atoms with Crippen LogP contribution in [0.25, 0.3) is 33.5 Å². The number of ether oxygens (including phenoxy) is 2. The Bertz CT molecular complexity index is 1340. The lowest BCUT2D eigenvalue weighted by atomic mass is 10.0. The van der Waals surface area contributed by atoms with Crippen molar-refractivity contribution in [2.75, 3.05) is 19.8 Å². The van der Waals surface area contributed by atoms with Crippen LogP contribution in [0.5, 0.6) is 0 Å². The quantitative estimate of drug-likeness (QED) is 0.405. The summed E-state index contributed by atoms with van der Waals surface area (Å²) in [6.07, 6.45) is 1.96. The number of esters is 1. The number of benzene rings is 3. The minimum absolute atomic E-state index is 0.0355. The van der Waals surface area contributed by atoms with Crippen LogP contribution in [0, 0.1) is 0 Å². The lowest BCUT2D eigenvalue weighted by Crippen LogP contribution is -2.34. The topological polar surface area (TPSA) is 90.4 Å². The second kappa shape index (κ2) is 10.4. The van der Waals surface area contributed by atoms with Gasteiger partial charge in [0.15, 0.2) is 6.61 Å². The molecule has 0 bridgehead atoms. The largest absolute Gasteiger partial charge is 0.452 e. The molecule has 1 aliphatic heterocycles. The molecule has 1 atom stereocenters. The first-order valence-corrected chi connectivity index (χ1v) is 11.7. The lowest BCUT2D eigenvalue weighted by molar-refractivity contribution is -0.124. The minimum Gasteiger partial charge on any atom is -0.452 e. The summed E-state index contributed by atoms with van der Waals surface area (Å²) in [5.74, 6) is -0.942. The van der Waals surface area contributed by atoms with Crippen LogP contribution in [0.3, 0.4) is 0 Å². The van der Waals surface area contributed by atoms with Gasteiger partial charge < -0.3 is 14.8 Å². The molecule has 1 amide bonds. The molecule has 1 unspecified atom stereocenters. The van der Waals surface area contributed by atoms with Gasteiger partial charge in [0, 0.05) is 24.3 Å². The van der Waals surface area contributed by atoms with Crippen molar-refractivity contribution in [3.05, 3.63) is 84.4 Å². The Kier molecular flexibility index (Phi) is 6.77. The number of hydrogen-bond acceptors (Lipinski definition) is 6. The van der Waals surface area contributed by atoms with Crippen LogP contribution in [-0.2, 0) is 14.3 Å². The van der Waals surface area contributed by atoms with Crippen molar-refractivity contribution in [1.29, 1.82) is 0 Å². The van der Waals surface area contributed by atoms with Gasteiger partial charge in [-0.2, -0.15) is 0 Å². The van der Waals surface area contributed by atoms with Gasteiger partial charge in [-0.3, -0.25) is 4.79 Å². The zero-order valence-electron chi connectivity index (χ0n) is 19.1. The van der Waals surface area contributed by atoms with Crippen LogP contribution in [-0.4, -0.2) is 47.7 Å². The summed E-state index contributed by atoms with van der Waals surface area (Å²) >= 11 is 0. The van der Waals surface area contributed by atoms with Gasteiger partial charge in [-0.1, -0.05) is 60.7 Å². The molecule has 5 rings (SSSR count). The zero-order chi connectivity index (χ0) is 24.0. The number of fused-ring (bicyclic) bond motifs is 1. The van der Waals surface area contributed by atoms with Gasteiger partial charge in [0.1, 0.15) is 0 Å². The molecule has 0 spiro atoms. The monoisotopic (exact) mass is 467 g/mol. The van der Waals surface area contributed by atoms with E-state index in [9.17, 15) is 9.59 Å². The Morgan fingerprint density at radius 1 is 0.886 bits per heavy atom. The zero-order valence-corrected chi connectivity index (χ0v) is 19.1. The van der Waals surface area contributed by atoms with E-state index in [1.165, 1.54) is 0 Å². The standard InChI is InChI=1S/C28H25N3O4/c32-25(29-17-22-12-7-15-34-22)18-35-28(33)21-13-14-23-24(16-21)31-27(20-10-5-2-6-11-20)26(30-23)19-8-3-1-4-9-19/h1-6,8-11,13-14,16,22H,7,12,15,17-18H2,(H,29,32). The SMILES string of the molecule is O=C(COC(=O)c1ccc2nc(-c3ccccc3)c(-c3ccccc3)nc2c1)NCC1CCCO1. The van der Waals surface area contributed by atoms with Gasteiger partial charge in [-0.15, -0.1) is 0 Å². The van der Waals surface area contributed by atoms with E-state index in [-0.39, 0.29) is 18.6 Å². The predicted octanol–water partition coefficient (Wildman–Crippen LogP) is 4.42. The third-order valence-electron chi connectivity index (χ3n) is 5.88. The molecule has 0 saturated carbocycles. The van der Waals surface area contributed by atoms with Crippen LogP contribution in [0.2, 0.25) is 0 Å². The van der Waals surface area contributed by atoms with E-state index in [4.69, 9.17) is 19.4 Å². The summed E-state index contributed by atoms with van der Waals surface area (Å²) in [5.41, 5.74) is 4.92. The third kappa shape index (κ3) is 5.36. The second-order valence-corrected chi connectivity index (χ2v) is 8.37. The summed E-state index contributed by atoms with van der Waals surface area (Å²) in [6.45, 7) is 0.796. The van der Waals surface area contributed by atoms with Gasteiger partial charge in [0.05, 0.1) is 34.1 Å². The number of amides is 1. The molecule has 1 fully saturated rings. The van der Waals surface area contributed by atoms with Crippen LogP contribution in [0.15, 0.2) is 78.9 Å². The van der Waals surface area contributed by atoms with E-state index < -0.39 is 5.97 Å². The molecule has 0 aliphatic carbocycles. The maximum Gasteiger partial charge on any atom is 0.338 e. The van der Waals surface area contributed by atoms with E-state index in [1.807, 2.05) is 60.7 Å². The summed E-state index contributed by atoms with van der Waals surface area (Å²) in [6, 6.07) is 24.7. The molecule has 1 aromatic heterocycles. The van der Waals surface area contributed by atoms with Crippen molar-refractivity contribution in [3.8, 4) is 22.5 Å². The van der Waals surface area contributed by atoms with Crippen molar-refractivity contribution in [3.63, 3.8) is 0 Å². The molecule has 1 aliphatic rings. The van der Waals surface area contributed by atoms with Crippen molar-refractivity contribution < 1.29 is 19.1 Å². The van der Waals surface area contributed by atoms with E-state index in [0.717, 1.165) is 42.0 Å². The molecule has 4 aromatic rings. The molecule has 176 valence electrons. The Labute approximate surface area is 203 Å². The van der Waals surface area contributed by atoms with Crippen molar-refractivity contribution >= 4 is 22.9 Å². The highest BCUT2D eigenvalue weighted by atomic mass is 16.5. The third-order valence-corrected chi connectivity index (χ3v) is 5.88. The Hall–Kier alpha value is -4.10. The number of nitrogens with zero attached hydrogens (tertiary/aromatic N) is 2. The van der Waals surface area contributed by atoms with E-state index in [2.05, 4.69) is 5.32 Å². The normalized spacial score (nSPS) is 15.1. The highest BCUT2D eigenvalue weighted by Crippen LogP contribution is 2.31. The highest BCUT2D eigenvalue weighted by molar-refractivity contribution is 5.96. The number of nitrogens with one attached hydrogen (secondary N) is 1. The summed E-state index contributed by atoms with van der Waals surface area (Å²) in [7, 11) is 0. The summed E-state index contributed by atoms with van der Waals surface area (Å²) in [5, 5.41) is 2.74. The highest BCUT2D eigenvalue weighted by Gasteiger charge is 2.18. The maximum atomic E-state index is 12.6. The molecular weight excluding hydrogens is 442 g/mol. The molecule has 2 heterocycles. The first-order chi connectivity index (χ1) is 17.2. The van der Waals surface area contributed by atoms with Crippen LogP contribution < -0.4 is 5.32 Å². The van der Waals surface area contributed by atoms with Crippen LogP contribution in [0.1, 0.15) is 23.2 Å². The average Bonchev–Trinajstić information content (AvgIpc) is 3.44. The molecule has 35 heavy (non-hydrogen) atoms. The van der Waals surface area contributed by atoms with Crippen LogP contribution in [0.4, 0.5) is 0 Å². The molecular formula is C28H25N3O4. The fraction of sp³-hybridized carbons (Fsp3) is 0.214.